The second kappa shape index (κ2) is 7.87. The summed E-state index contributed by atoms with van der Waals surface area (Å²) in [6.07, 6.45) is 0. The van der Waals surface area contributed by atoms with Gasteiger partial charge in [0.2, 0.25) is 0 Å². The third-order valence-corrected chi connectivity index (χ3v) is 4.10. The minimum absolute atomic E-state index is 0.185. The number of hydrogen-bond donors (Lipinski definition) is 0. The van der Waals surface area contributed by atoms with E-state index in [4.69, 9.17) is 9.26 Å². The number of benzene rings is 2. The van der Waals surface area contributed by atoms with Crippen LogP contribution in [0.3, 0.4) is 0 Å². The highest BCUT2D eigenvalue weighted by atomic mass is 16.5. The summed E-state index contributed by atoms with van der Waals surface area (Å²) in [6.45, 7) is 4.75. The molecule has 5 heteroatoms. The number of amides is 1. The van der Waals surface area contributed by atoms with Crippen molar-refractivity contribution in [2.24, 2.45) is 0 Å². The van der Waals surface area contributed by atoms with Crippen LogP contribution in [0, 0.1) is 13.8 Å². The van der Waals surface area contributed by atoms with E-state index in [0.29, 0.717) is 12.3 Å². The number of rotatable bonds is 6. The summed E-state index contributed by atoms with van der Waals surface area (Å²) < 4.78 is 11.0. The Hall–Kier alpha value is -3.08. The lowest BCUT2D eigenvalue weighted by molar-refractivity contribution is 0.0774. The van der Waals surface area contributed by atoms with Crippen molar-refractivity contribution >= 4 is 5.91 Å². The molecule has 1 heterocycles. The monoisotopic (exact) mass is 350 g/mol. The summed E-state index contributed by atoms with van der Waals surface area (Å²) in [5, 5.41) is 3.88. The summed E-state index contributed by atoms with van der Waals surface area (Å²) in [4.78, 5) is 14.1. The van der Waals surface area contributed by atoms with Crippen molar-refractivity contribution in [3.63, 3.8) is 0 Å². The SMILES string of the molecule is Cc1ccc(C)c(OCc2cc(C(=O)N(C)Cc3ccccc3)no2)c1. The summed E-state index contributed by atoms with van der Waals surface area (Å²) in [7, 11) is 1.75. The number of aromatic nitrogens is 1. The highest BCUT2D eigenvalue weighted by Gasteiger charge is 2.17. The standard InChI is InChI=1S/C21H22N2O3/c1-15-9-10-16(2)20(11-15)25-14-18-12-19(22-26-18)21(24)23(3)13-17-7-5-4-6-8-17/h4-12H,13-14H2,1-3H3. The molecule has 0 aliphatic rings. The first-order valence-electron chi connectivity index (χ1n) is 8.48. The fraction of sp³-hybridized carbons (Fsp3) is 0.238. The minimum atomic E-state index is -0.185. The van der Waals surface area contributed by atoms with Crippen LogP contribution in [0.25, 0.3) is 0 Å². The number of nitrogens with zero attached hydrogens (tertiary/aromatic N) is 2. The van der Waals surface area contributed by atoms with E-state index in [2.05, 4.69) is 5.16 Å². The van der Waals surface area contributed by atoms with E-state index in [1.807, 2.05) is 62.4 Å². The van der Waals surface area contributed by atoms with Crippen LogP contribution in [-0.4, -0.2) is 23.0 Å². The fourth-order valence-electron chi connectivity index (χ4n) is 2.62. The average Bonchev–Trinajstić information content (AvgIpc) is 3.11. The zero-order chi connectivity index (χ0) is 18.5. The molecule has 0 saturated heterocycles. The molecule has 134 valence electrons. The molecule has 0 atom stereocenters. The number of carbonyl (C=O) groups excluding carboxylic acids is 1. The zero-order valence-corrected chi connectivity index (χ0v) is 15.2. The van der Waals surface area contributed by atoms with Crippen molar-refractivity contribution in [1.82, 2.24) is 10.1 Å². The van der Waals surface area contributed by atoms with Gasteiger partial charge in [0.05, 0.1) is 0 Å². The fourth-order valence-corrected chi connectivity index (χ4v) is 2.62. The van der Waals surface area contributed by atoms with E-state index in [1.54, 1.807) is 18.0 Å². The quantitative estimate of drug-likeness (QED) is 0.670. The van der Waals surface area contributed by atoms with Crippen molar-refractivity contribution in [1.29, 1.82) is 0 Å². The van der Waals surface area contributed by atoms with Gasteiger partial charge in [-0.1, -0.05) is 47.6 Å². The molecule has 0 bridgehead atoms. The minimum Gasteiger partial charge on any atom is -0.485 e. The van der Waals surface area contributed by atoms with Gasteiger partial charge in [-0.25, -0.2) is 0 Å². The molecule has 1 amide bonds. The summed E-state index contributed by atoms with van der Waals surface area (Å²) in [5.74, 6) is 1.13. The van der Waals surface area contributed by atoms with E-state index < -0.39 is 0 Å². The Morgan fingerprint density at radius 2 is 1.88 bits per heavy atom. The van der Waals surface area contributed by atoms with Gasteiger partial charge >= 0.3 is 0 Å². The lowest BCUT2D eigenvalue weighted by Gasteiger charge is -2.15. The van der Waals surface area contributed by atoms with E-state index in [-0.39, 0.29) is 18.2 Å². The van der Waals surface area contributed by atoms with E-state index in [9.17, 15) is 4.79 Å². The molecule has 5 nitrogen and oxygen atoms in total. The van der Waals surface area contributed by atoms with Crippen molar-refractivity contribution in [2.75, 3.05) is 7.05 Å². The molecule has 3 aromatic rings. The third-order valence-electron chi connectivity index (χ3n) is 4.10. The number of aryl methyl sites for hydroxylation is 2. The highest BCUT2D eigenvalue weighted by Crippen LogP contribution is 2.20. The number of hydrogen-bond acceptors (Lipinski definition) is 4. The van der Waals surface area contributed by atoms with Gasteiger partial charge < -0.3 is 14.2 Å². The van der Waals surface area contributed by atoms with Crippen molar-refractivity contribution in [2.45, 2.75) is 27.0 Å². The largest absolute Gasteiger partial charge is 0.485 e. The van der Waals surface area contributed by atoms with Gasteiger partial charge in [0.25, 0.3) is 5.91 Å². The molecule has 0 saturated carbocycles. The second-order valence-electron chi connectivity index (χ2n) is 6.38. The van der Waals surface area contributed by atoms with Gasteiger partial charge in [0.1, 0.15) is 12.4 Å². The Labute approximate surface area is 153 Å². The van der Waals surface area contributed by atoms with Gasteiger partial charge in [-0.15, -0.1) is 0 Å². The Kier molecular flexibility index (Phi) is 5.37. The van der Waals surface area contributed by atoms with E-state index in [1.165, 1.54) is 0 Å². The molecule has 2 aromatic carbocycles. The maximum atomic E-state index is 12.5. The maximum absolute atomic E-state index is 12.5. The molecular formula is C21H22N2O3. The van der Waals surface area contributed by atoms with Crippen LogP contribution < -0.4 is 4.74 Å². The lowest BCUT2D eigenvalue weighted by atomic mass is 10.1. The molecule has 0 N–H and O–H groups in total. The van der Waals surface area contributed by atoms with Gasteiger partial charge in [0.15, 0.2) is 11.5 Å². The molecule has 1 aromatic heterocycles. The first kappa shape index (κ1) is 17.7. The van der Waals surface area contributed by atoms with Crippen LogP contribution in [0.2, 0.25) is 0 Å². The normalized spacial score (nSPS) is 10.6. The first-order chi connectivity index (χ1) is 12.5. The zero-order valence-electron chi connectivity index (χ0n) is 15.2. The Morgan fingerprint density at radius 3 is 2.65 bits per heavy atom. The van der Waals surface area contributed by atoms with Crippen LogP contribution in [0.5, 0.6) is 5.75 Å². The van der Waals surface area contributed by atoms with Crippen molar-refractivity contribution in [3.8, 4) is 5.75 Å². The third kappa shape index (κ3) is 4.30. The Morgan fingerprint density at radius 1 is 1.12 bits per heavy atom. The number of carbonyl (C=O) groups is 1. The predicted molar refractivity (Wildman–Crippen MR) is 99.0 cm³/mol. The highest BCUT2D eigenvalue weighted by molar-refractivity contribution is 5.92. The van der Waals surface area contributed by atoms with E-state index in [0.717, 1.165) is 22.4 Å². The Balaban J connectivity index is 1.61. The molecule has 0 radical (unpaired) electrons. The molecular weight excluding hydrogens is 328 g/mol. The molecule has 0 aliphatic carbocycles. The molecule has 0 fully saturated rings. The maximum Gasteiger partial charge on any atom is 0.276 e. The summed E-state index contributed by atoms with van der Waals surface area (Å²) in [5.41, 5.74) is 3.52. The second-order valence-corrected chi connectivity index (χ2v) is 6.38. The molecule has 3 rings (SSSR count). The van der Waals surface area contributed by atoms with Gasteiger partial charge in [-0.2, -0.15) is 0 Å². The van der Waals surface area contributed by atoms with Crippen molar-refractivity contribution in [3.05, 3.63) is 82.7 Å². The van der Waals surface area contributed by atoms with Crippen molar-refractivity contribution < 1.29 is 14.1 Å². The van der Waals surface area contributed by atoms with Crippen LogP contribution in [0.1, 0.15) is 32.9 Å². The Bertz CT molecular complexity index is 887. The smallest absolute Gasteiger partial charge is 0.276 e. The number of ether oxygens (including phenoxy) is 1. The average molecular weight is 350 g/mol. The molecule has 0 aliphatic heterocycles. The molecule has 0 unspecified atom stereocenters. The van der Waals surface area contributed by atoms with E-state index >= 15 is 0 Å². The predicted octanol–water partition coefficient (Wildman–Crippen LogP) is 4.14. The van der Waals surface area contributed by atoms with Crippen LogP contribution in [0.15, 0.2) is 59.1 Å². The van der Waals surface area contributed by atoms with Crippen LogP contribution in [0.4, 0.5) is 0 Å². The lowest BCUT2D eigenvalue weighted by Crippen LogP contribution is -2.26. The summed E-state index contributed by atoms with van der Waals surface area (Å²) >= 11 is 0. The van der Waals surface area contributed by atoms with Gasteiger partial charge in [-0.3, -0.25) is 4.79 Å². The molecule has 0 spiro atoms. The van der Waals surface area contributed by atoms with Gasteiger partial charge in [0, 0.05) is 19.7 Å². The molecule has 26 heavy (non-hydrogen) atoms. The first-order valence-corrected chi connectivity index (χ1v) is 8.48. The van der Waals surface area contributed by atoms with Gasteiger partial charge in [-0.05, 0) is 36.6 Å². The topological polar surface area (TPSA) is 55.6 Å². The van der Waals surface area contributed by atoms with Crippen LogP contribution in [-0.2, 0) is 13.2 Å². The van der Waals surface area contributed by atoms with Crippen LogP contribution >= 0.6 is 0 Å². The summed E-state index contributed by atoms with van der Waals surface area (Å²) in [6, 6.07) is 17.5.